The number of hydrogen-bond donors (Lipinski definition) is 3. The summed E-state index contributed by atoms with van der Waals surface area (Å²) in [6.45, 7) is 0. The van der Waals surface area contributed by atoms with Crippen LogP contribution in [0.2, 0.25) is 0 Å². The van der Waals surface area contributed by atoms with Gasteiger partial charge in [0.1, 0.15) is 12.1 Å². The van der Waals surface area contributed by atoms with Crippen molar-refractivity contribution in [2.24, 2.45) is 0 Å². The highest BCUT2D eigenvalue weighted by atomic mass is 16.6. The number of carbonyl (C=O) groups is 3. The van der Waals surface area contributed by atoms with Gasteiger partial charge in [0.2, 0.25) is 5.91 Å². The number of nitro benzene ring substituents is 1. The molecule has 2 aliphatic heterocycles. The molecule has 0 bridgehead atoms. The van der Waals surface area contributed by atoms with Crippen molar-refractivity contribution < 1.29 is 29.5 Å². The Morgan fingerprint density at radius 1 is 1.11 bits per heavy atom. The maximum atomic E-state index is 13.7. The third-order valence-corrected chi connectivity index (χ3v) is 6.88. The fourth-order valence-corrected chi connectivity index (χ4v) is 5.23. The van der Waals surface area contributed by atoms with E-state index in [4.69, 9.17) is 0 Å². The van der Waals surface area contributed by atoms with Gasteiger partial charge in [0.15, 0.2) is 0 Å². The van der Waals surface area contributed by atoms with E-state index in [0.717, 1.165) is 5.56 Å². The Bertz CT molecular complexity index is 1140. The number of nitrogens with zero attached hydrogens (tertiary/aromatic N) is 2. The number of rotatable bonds is 8. The van der Waals surface area contributed by atoms with Crippen molar-refractivity contribution in [1.82, 2.24) is 10.2 Å². The molecule has 2 aromatic carbocycles. The molecule has 184 valence electrons. The average Bonchev–Trinajstić information content (AvgIpc) is 2.96. The van der Waals surface area contributed by atoms with Gasteiger partial charge >= 0.3 is 11.9 Å². The standard InChI is InChI=1S/C25H27N3O7/c29-23-19(26-18(24(30)31)13-12-15-6-2-1-3-7-15)14-17-16(8-4-10-21(17)28(34)35)20-9-5-11-22(25(32)33)27(20)23/h1-4,6-8,10,18-20,22,26H,5,9,11-14H2,(H,30,31)(H,32,33)/t18-,19+,20-,22+/m0/s1. The van der Waals surface area contributed by atoms with E-state index in [-0.39, 0.29) is 24.9 Å². The van der Waals surface area contributed by atoms with Crippen molar-refractivity contribution >= 4 is 23.5 Å². The number of benzene rings is 2. The zero-order valence-corrected chi connectivity index (χ0v) is 19.0. The quantitative estimate of drug-likeness (QED) is 0.385. The average molecular weight is 482 g/mol. The number of aliphatic carboxylic acids is 2. The second-order valence-corrected chi connectivity index (χ2v) is 8.99. The Morgan fingerprint density at radius 3 is 2.51 bits per heavy atom. The summed E-state index contributed by atoms with van der Waals surface area (Å²) in [5.74, 6) is -2.83. The van der Waals surface area contributed by atoms with Crippen LogP contribution in [0.1, 0.15) is 48.4 Å². The molecule has 2 aliphatic rings. The van der Waals surface area contributed by atoms with Crippen LogP contribution in [0, 0.1) is 10.1 Å². The van der Waals surface area contributed by atoms with Gasteiger partial charge in [-0.1, -0.05) is 42.5 Å². The first kappa shape index (κ1) is 24.3. The van der Waals surface area contributed by atoms with Crippen LogP contribution >= 0.6 is 0 Å². The van der Waals surface area contributed by atoms with Crippen molar-refractivity contribution in [3.8, 4) is 0 Å². The number of carboxylic acids is 2. The molecule has 10 heteroatoms. The highest BCUT2D eigenvalue weighted by Gasteiger charge is 2.46. The van der Waals surface area contributed by atoms with Gasteiger partial charge in [0, 0.05) is 18.1 Å². The summed E-state index contributed by atoms with van der Waals surface area (Å²) in [4.78, 5) is 50.4. The van der Waals surface area contributed by atoms with Crippen molar-refractivity contribution in [1.29, 1.82) is 0 Å². The normalized spacial score (nSPS) is 22.5. The molecule has 0 aliphatic carbocycles. The molecule has 35 heavy (non-hydrogen) atoms. The highest BCUT2D eigenvalue weighted by Crippen LogP contribution is 2.41. The van der Waals surface area contributed by atoms with Crippen LogP contribution < -0.4 is 5.32 Å². The SMILES string of the molecule is O=C(O)[C@H](CCc1ccccc1)N[C@@H]1Cc2c(cccc2[N+](=O)[O-])[C@@H]2CCC[C@H](C(=O)O)N2C1=O. The van der Waals surface area contributed by atoms with E-state index in [1.807, 2.05) is 30.3 Å². The summed E-state index contributed by atoms with van der Waals surface area (Å²) in [6.07, 6.45) is 1.85. The summed E-state index contributed by atoms with van der Waals surface area (Å²) >= 11 is 0. The maximum Gasteiger partial charge on any atom is 0.326 e. The van der Waals surface area contributed by atoms with Crippen LogP contribution in [0.5, 0.6) is 0 Å². The van der Waals surface area contributed by atoms with Crippen LogP contribution in [0.3, 0.4) is 0 Å². The maximum absolute atomic E-state index is 13.7. The second-order valence-electron chi connectivity index (χ2n) is 8.99. The minimum absolute atomic E-state index is 0.0974. The number of amides is 1. The molecule has 2 heterocycles. The third kappa shape index (κ3) is 5.02. The first-order valence-corrected chi connectivity index (χ1v) is 11.6. The first-order valence-electron chi connectivity index (χ1n) is 11.6. The molecule has 0 unspecified atom stereocenters. The Morgan fingerprint density at radius 2 is 1.86 bits per heavy atom. The molecule has 1 saturated heterocycles. The molecule has 0 radical (unpaired) electrons. The van der Waals surface area contributed by atoms with Crippen LogP contribution in [-0.2, 0) is 27.2 Å². The lowest BCUT2D eigenvalue weighted by Crippen LogP contribution is -2.57. The molecule has 0 saturated carbocycles. The molecule has 1 fully saturated rings. The molecule has 0 spiro atoms. The summed E-state index contributed by atoms with van der Waals surface area (Å²) in [5.41, 5.74) is 1.68. The fraction of sp³-hybridized carbons (Fsp3) is 0.400. The van der Waals surface area contributed by atoms with Gasteiger partial charge in [-0.25, -0.2) is 4.79 Å². The van der Waals surface area contributed by atoms with Crippen LogP contribution in [0.4, 0.5) is 5.69 Å². The fourth-order valence-electron chi connectivity index (χ4n) is 5.23. The topological polar surface area (TPSA) is 150 Å². The smallest absolute Gasteiger partial charge is 0.326 e. The molecule has 10 nitrogen and oxygen atoms in total. The molecule has 1 amide bonds. The molecular weight excluding hydrogens is 454 g/mol. The van der Waals surface area contributed by atoms with E-state index in [9.17, 15) is 34.7 Å². The van der Waals surface area contributed by atoms with Gasteiger partial charge in [-0.3, -0.25) is 25.0 Å². The number of nitrogens with one attached hydrogen (secondary N) is 1. The van der Waals surface area contributed by atoms with Crippen molar-refractivity contribution in [3.05, 3.63) is 75.3 Å². The van der Waals surface area contributed by atoms with Crippen LogP contribution in [0.25, 0.3) is 0 Å². The number of carbonyl (C=O) groups excluding carboxylic acids is 1. The number of nitro groups is 1. The van der Waals surface area contributed by atoms with E-state index in [2.05, 4.69) is 5.32 Å². The lowest BCUT2D eigenvalue weighted by Gasteiger charge is -2.40. The summed E-state index contributed by atoms with van der Waals surface area (Å²) in [7, 11) is 0. The molecular formula is C25H27N3O7. The predicted octanol–water partition coefficient (Wildman–Crippen LogP) is 2.70. The number of hydrogen-bond acceptors (Lipinski definition) is 6. The van der Waals surface area contributed by atoms with Crippen LogP contribution in [0.15, 0.2) is 48.5 Å². The molecule has 3 N–H and O–H groups in total. The lowest BCUT2D eigenvalue weighted by atomic mass is 9.88. The Kier molecular flexibility index (Phi) is 7.11. The Labute approximate surface area is 201 Å². The van der Waals surface area contributed by atoms with Gasteiger partial charge in [-0.2, -0.15) is 0 Å². The highest BCUT2D eigenvalue weighted by molar-refractivity contribution is 5.89. The lowest BCUT2D eigenvalue weighted by molar-refractivity contribution is -0.385. The third-order valence-electron chi connectivity index (χ3n) is 6.88. The predicted molar refractivity (Wildman–Crippen MR) is 125 cm³/mol. The number of aryl methyl sites for hydroxylation is 1. The zero-order chi connectivity index (χ0) is 25.1. The van der Waals surface area contributed by atoms with Gasteiger partial charge < -0.3 is 15.1 Å². The largest absolute Gasteiger partial charge is 0.480 e. The van der Waals surface area contributed by atoms with E-state index in [0.29, 0.717) is 30.4 Å². The monoisotopic (exact) mass is 481 g/mol. The summed E-state index contributed by atoms with van der Waals surface area (Å²) in [6, 6.07) is 10.0. The minimum Gasteiger partial charge on any atom is -0.480 e. The van der Waals surface area contributed by atoms with E-state index >= 15 is 0 Å². The number of fused-ring (bicyclic) bond motifs is 3. The zero-order valence-electron chi connectivity index (χ0n) is 19.0. The number of carboxylic acid groups (broad SMARTS) is 2. The number of piperidine rings is 1. The van der Waals surface area contributed by atoms with Crippen molar-refractivity contribution in [2.75, 3.05) is 0 Å². The van der Waals surface area contributed by atoms with E-state index in [1.54, 1.807) is 6.07 Å². The van der Waals surface area contributed by atoms with Gasteiger partial charge in [0.25, 0.3) is 5.69 Å². The second kappa shape index (κ2) is 10.2. The van der Waals surface area contributed by atoms with Gasteiger partial charge in [0.05, 0.1) is 17.0 Å². The Hall–Kier alpha value is -3.79. The minimum atomic E-state index is -1.15. The molecule has 2 aromatic rings. The van der Waals surface area contributed by atoms with Crippen molar-refractivity contribution in [2.45, 2.75) is 62.7 Å². The molecule has 4 atom stereocenters. The van der Waals surface area contributed by atoms with E-state index < -0.39 is 46.9 Å². The van der Waals surface area contributed by atoms with Gasteiger partial charge in [-0.05, 0) is 43.2 Å². The van der Waals surface area contributed by atoms with E-state index in [1.165, 1.54) is 17.0 Å². The molecule has 0 aromatic heterocycles. The molecule has 4 rings (SSSR count). The summed E-state index contributed by atoms with van der Waals surface area (Å²) < 4.78 is 0. The first-order chi connectivity index (χ1) is 16.8. The van der Waals surface area contributed by atoms with Crippen molar-refractivity contribution in [3.63, 3.8) is 0 Å². The van der Waals surface area contributed by atoms with Crippen LogP contribution in [-0.4, -0.2) is 56.0 Å². The van der Waals surface area contributed by atoms with Gasteiger partial charge in [-0.15, -0.1) is 0 Å². The Balaban J connectivity index is 1.70. The summed E-state index contributed by atoms with van der Waals surface area (Å²) in [5, 5.41) is 34.4.